The number of nitrogens with one attached hydrogen (secondary N) is 3. The zero-order valence-electron chi connectivity index (χ0n) is 22.0. The maximum Gasteiger partial charge on any atom is 0.412 e. The molecular weight excluding hydrogens is 486 g/mol. The first-order chi connectivity index (χ1) is 18.2. The van der Waals surface area contributed by atoms with E-state index in [0.29, 0.717) is 17.1 Å². The fraction of sp³-hybridized carbons (Fsp3) is 0.276. The van der Waals surface area contributed by atoms with E-state index in [-0.39, 0.29) is 19.6 Å². The fourth-order valence-electron chi connectivity index (χ4n) is 3.33. The van der Waals surface area contributed by atoms with Gasteiger partial charge in [-0.1, -0.05) is 60.0 Å². The van der Waals surface area contributed by atoms with Crippen LogP contribution in [0.1, 0.15) is 30.0 Å². The van der Waals surface area contributed by atoms with Gasteiger partial charge in [-0.05, 0) is 63.6 Å². The highest BCUT2D eigenvalue weighted by Gasteiger charge is 2.37. The maximum atomic E-state index is 12.8. The van der Waals surface area contributed by atoms with Gasteiger partial charge in [0, 0.05) is 17.1 Å². The molecule has 3 N–H and O–H groups in total. The lowest BCUT2D eigenvalue weighted by atomic mass is 10.0. The minimum atomic E-state index is -1.44. The van der Waals surface area contributed by atoms with Crippen molar-refractivity contribution in [3.63, 3.8) is 0 Å². The number of anilines is 3. The summed E-state index contributed by atoms with van der Waals surface area (Å²) in [5.41, 5.74) is 3.31. The normalized spacial score (nSPS) is 10.7. The van der Waals surface area contributed by atoms with Crippen molar-refractivity contribution in [3.05, 3.63) is 89.5 Å². The second-order valence-corrected chi connectivity index (χ2v) is 9.05. The molecule has 200 valence electrons. The van der Waals surface area contributed by atoms with Gasteiger partial charge < -0.3 is 14.2 Å². The molecule has 3 amide bonds. The van der Waals surface area contributed by atoms with Crippen molar-refractivity contribution >= 4 is 35.3 Å². The molecule has 0 aliphatic carbocycles. The average molecular weight is 520 g/mol. The number of rotatable bonds is 9. The molecule has 3 rings (SSSR count). The summed E-state index contributed by atoms with van der Waals surface area (Å²) >= 11 is 0. The predicted molar refractivity (Wildman–Crippen MR) is 147 cm³/mol. The minimum absolute atomic E-state index is 0.198. The van der Waals surface area contributed by atoms with Crippen LogP contribution in [0.3, 0.4) is 0 Å². The van der Waals surface area contributed by atoms with Crippen LogP contribution in [-0.2, 0) is 14.2 Å². The summed E-state index contributed by atoms with van der Waals surface area (Å²) in [7, 11) is 0. The van der Waals surface area contributed by atoms with E-state index in [9.17, 15) is 14.4 Å². The van der Waals surface area contributed by atoms with Crippen LogP contribution in [0.25, 0.3) is 0 Å². The molecule has 9 nitrogen and oxygen atoms in total. The molecule has 0 atom stereocenters. The fourth-order valence-corrected chi connectivity index (χ4v) is 3.33. The lowest BCUT2D eigenvalue weighted by Crippen LogP contribution is -2.46. The third-order valence-electron chi connectivity index (χ3n) is 5.78. The standard InChI is InChI=1S/C29H33N3O6/c1-5-29(38-28(35)32-25-16-10-22(4)11-17-25,18-36-26(33)30-23-12-6-20(2)7-13-23)19-37-27(34)31-24-14-8-21(3)9-15-24/h6-17H,5,18-19H2,1-4H3,(H,30,33)(H,31,34)(H,32,35). The Hall–Kier alpha value is -4.53. The van der Waals surface area contributed by atoms with E-state index in [0.717, 1.165) is 16.7 Å². The van der Waals surface area contributed by atoms with Gasteiger partial charge >= 0.3 is 18.3 Å². The summed E-state index contributed by atoms with van der Waals surface area (Å²) in [6.45, 7) is 6.85. The number of hydrogen-bond acceptors (Lipinski definition) is 6. The molecule has 0 heterocycles. The highest BCUT2D eigenvalue weighted by molar-refractivity contribution is 5.86. The van der Waals surface area contributed by atoms with Crippen molar-refractivity contribution in [1.29, 1.82) is 0 Å². The third-order valence-corrected chi connectivity index (χ3v) is 5.78. The van der Waals surface area contributed by atoms with Crippen LogP contribution in [-0.4, -0.2) is 37.1 Å². The average Bonchev–Trinajstić information content (AvgIpc) is 2.90. The Kier molecular flexibility index (Phi) is 9.70. The molecule has 0 bridgehead atoms. The van der Waals surface area contributed by atoms with E-state index in [1.165, 1.54) is 0 Å². The third kappa shape index (κ3) is 8.85. The van der Waals surface area contributed by atoms with Gasteiger partial charge in [0.25, 0.3) is 0 Å². The highest BCUT2D eigenvalue weighted by atomic mass is 16.6. The van der Waals surface area contributed by atoms with Crippen molar-refractivity contribution in [2.75, 3.05) is 29.2 Å². The van der Waals surface area contributed by atoms with E-state index < -0.39 is 23.9 Å². The van der Waals surface area contributed by atoms with Gasteiger partial charge in [-0.3, -0.25) is 16.0 Å². The smallest absolute Gasteiger partial charge is 0.412 e. The lowest BCUT2D eigenvalue weighted by molar-refractivity contribution is -0.0648. The van der Waals surface area contributed by atoms with Gasteiger partial charge in [0.15, 0.2) is 5.60 Å². The Morgan fingerprint density at radius 3 is 1.21 bits per heavy atom. The number of carbonyl (C=O) groups excluding carboxylic acids is 3. The number of benzene rings is 3. The monoisotopic (exact) mass is 519 g/mol. The molecule has 38 heavy (non-hydrogen) atoms. The first kappa shape index (κ1) is 28.0. The zero-order valence-corrected chi connectivity index (χ0v) is 22.0. The molecule has 0 aliphatic rings. The van der Waals surface area contributed by atoms with Crippen LogP contribution < -0.4 is 16.0 Å². The molecule has 0 aliphatic heterocycles. The number of aryl methyl sites for hydroxylation is 3. The van der Waals surface area contributed by atoms with Crippen LogP contribution >= 0.6 is 0 Å². The van der Waals surface area contributed by atoms with Crippen molar-refractivity contribution in [1.82, 2.24) is 0 Å². The maximum absolute atomic E-state index is 12.8. The quantitative estimate of drug-likeness (QED) is 0.268. The van der Waals surface area contributed by atoms with Crippen LogP contribution in [0, 0.1) is 20.8 Å². The molecule has 0 unspecified atom stereocenters. The number of hydrogen-bond donors (Lipinski definition) is 3. The largest absolute Gasteiger partial charge is 0.445 e. The SMILES string of the molecule is CCC(COC(=O)Nc1ccc(C)cc1)(COC(=O)Nc1ccc(C)cc1)OC(=O)Nc1ccc(C)cc1. The van der Waals surface area contributed by atoms with Gasteiger partial charge in [-0.2, -0.15) is 0 Å². The van der Waals surface area contributed by atoms with E-state index >= 15 is 0 Å². The summed E-state index contributed by atoms with van der Waals surface area (Å²) < 4.78 is 16.5. The van der Waals surface area contributed by atoms with Crippen LogP contribution in [0.15, 0.2) is 72.8 Å². The Morgan fingerprint density at radius 1 is 0.579 bits per heavy atom. The molecule has 0 fully saturated rings. The molecule has 9 heteroatoms. The Labute approximate surface area is 222 Å². The number of amides is 3. The predicted octanol–water partition coefficient (Wildman–Crippen LogP) is 6.81. The molecule has 3 aromatic carbocycles. The Morgan fingerprint density at radius 2 is 0.895 bits per heavy atom. The van der Waals surface area contributed by atoms with Crippen molar-refractivity contribution < 1.29 is 28.6 Å². The summed E-state index contributed by atoms with van der Waals surface area (Å²) in [6.07, 6.45) is -2.05. The molecule has 0 radical (unpaired) electrons. The van der Waals surface area contributed by atoms with Crippen LogP contribution in [0.5, 0.6) is 0 Å². The molecule has 3 aromatic rings. The van der Waals surface area contributed by atoms with Crippen LogP contribution in [0.2, 0.25) is 0 Å². The van der Waals surface area contributed by atoms with Gasteiger partial charge in [0.2, 0.25) is 0 Å². The summed E-state index contributed by atoms with van der Waals surface area (Å²) in [4.78, 5) is 37.7. The summed E-state index contributed by atoms with van der Waals surface area (Å²) in [6, 6.07) is 21.6. The molecular formula is C29H33N3O6. The van der Waals surface area contributed by atoms with Crippen molar-refractivity contribution in [2.45, 2.75) is 39.7 Å². The lowest BCUT2D eigenvalue weighted by Gasteiger charge is -2.31. The zero-order chi connectivity index (χ0) is 27.5. The van der Waals surface area contributed by atoms with Gasteiger partial charge in [0.05, 0.1) is 0 Å². The second-order valence-electron chi connectivity index (χ2n) is 9.05. The van der Waals surface area contributed by atoms with Crippen molar-refractivity contribution in [3.8, 4) is 0 Å². The first-order valence-electron chi connectivity index (χ1n) is 12.2. The van der Waals surface area contributed by atoms with E-state index in [1.807, 2.05) is 57.2 Å². The molecule has 0 saturated carbocycles. The van der Waals surface area contributed by atoms with E-state index in [4.69, 9.17) is 14.2 Å². The minimum Gasteiger partial charge on any atom is -0.445 e. The highest BCUT2D eigenvalue weighted by Crippen LogP contribution is 2.21. The molecule has 0 spiro atoms. The number of carbonyl (C=O) groups is 3. The first-order valence-corrected chi connectivity index (χ1v) is 12.2. The summed E-state index contributed by atoms with van der Waals surface area (Å²) in [5.74, 6) is 0. The Bertz CT molecular complexity index is 1160. The molecule has 0 saturated heterocycles. The second kappa shape index (κ2) is 13.1. The topological polar surface area (TPSA) is 115 Å². The van der Waals surface area contributed by atoms with Gasteiger partial charge in [-0.15, -0.1) is 0 Å². The summed E-state index contributed by atoms with van der Waals surface area (Å²) in [5, 5.41) is 7.91. The van der Waals surface area contributed by atoms with E-state index in [2.05, 4.69) is 16.0 Å². The number of ether oxygens (including phenoxy) is 3. The Balaban J connectivity index is 1.67. The van der Waals surface area contributed by atoms with Crippen molar-refractivity contribution in [2.24, 2.45) is 0 Å². The molecule has 0 aromatic heterocycles. The van der Waals surface area contributed by atoms with E-state index in [1.54, 1.807) is 43.3 Å². The van der Waals surface area contributed by atoms with Gasteiger partial charge in [-0.25, -0.2) is 14.4 Å². The van der Waals surface area contributed by atoms with Gasteiger partial charge in [0.1, 0.15) is 13.2 Å². The van der Waals surface area contributed by atoms with Crippen LogP contribution in [0.4, 0.5) is 31.4 Å².